The lowest BCUT2D eigenvalue weighted by Gasteiger charge is -2.24. The molecule has 0 aliphatic rings. The molecule has 3 N–H and O–H groups in total. The van der Waals surface area contributed by atoms with Gasteiger partial charge >= 0.3 is 11.9 Å². The van der Waals surface area contributed by atoms with Gasteiger partial charge in [-0.1, -0.05) is 48.0 Å². The van der Waals surface area contributed by atoms with E-state index in [1.165, 1.54) is 5.01 Å². The highest BCUT2D eigenvalue weighted by molar-refractivity contribution is 6.30. The minimum absolute atomic E-state index is 0.135. The molecule has 1 aromatic heterocycles. The number of amides is 1. The lowest BCUT2D eigenvalue weighted by Crippen LogP contribution is -2.47. The predicted octanol–water partition coefficient (Wildman–Crippen LogP) is 1.59. The Balaban J connectivity index is 1.73. The smallest absolute Gasteiger partial charge is 0.336 e. The van der Waals surface area contributed by atoms with E-state index in [1.807, 2.05) is 42.5 Å². The molecule has 1 atom stereocenters. The fourth-order valence-electron chi connectivity index (χ4n) is 2.81. The maximum Gasteiger partial charge on any atom is 0.336 e. The van der Waals surface area contributed by atoms with Gasteiger partial charge in [0.05, 0.1) is 13.2 Å². The van der Waals surface area contributed by atoms with Gasteiger partial charge < -0.3 is 9.84 Å². The lowest BCUT2D eigenvalue weighted by molar-refractivity contribution is -0.154. The molecule has 31 heavy (non-hydrogen) atoms. The molecule has 1 amide bonds. The van der Waals surface area contributed by atoms with Crippen molar-refractivity contribution in [1.82, 2.24) is 31.1 Å². The van der Waals surface area contributed by atoms with Gasteiger partial charge in [0.2, 0.25) is 0 Å². The molecule has 3 aromatic rings. The van der Waals surface area contributed by atoms with Crippen molar-refractivity contribution >= 4 is 23.5 Å². The number of hydrazine groups is 1. The molecular formula is C20H21ClN6O4. The van der Waals surface area contributed by atoms with Crippen molar-refractivity contribution in [2.45, 2.75) is 19.6 Å². The van der Waals surface area contributed by atoms with Crippen molar-refractivity contribution in [3.63, 3.8) is 0 Å². The number of carbonyl (C=O) groups is 2. The number of aromatic amines is 1. The molecule has 0 saturated heterocycles. The highest BCUT2D eigenvalue weighted by Gasteiger charge is 2.23. The Morgan fingerprint density at radius 1 is 1.23 bits per heavy atom. The van der Waals surface area contributed by atoms with Crippen LogP contribution in [0.15, 0.2) is 48.5 Å². The second kappa shape index (κ2) is 10.6. The minimum atomic E-state index is -1.45. The molecule has 0 spiro atoms. The number of aliphatic hydroxyl groups excluding tert-OH is 1. The van der Waals surface area contributed by atoms with Gasteiger partial charge in [0.25, 0.3) is 5.82 Å². The summed E-state index contributed by atoms with van der Waals surface area (Å²) in [7, 11) is 0. The SMILES string of the molecule is CCOC(=O)[C@H](O)CN(Cc1ccc(-c2cccc(Cl)c2)cc1)NC(=O)c1nn[nH]n1. The first kappa shape index (κ1) is 22.3. The van der Waals surface area contributed by atoms with Crippen LogP contribution in [-0.2, 0) is 16.1 Å². The van der Waals surface area contributed by atoms with E-state index in [2.05, 4.69) is 26.0 Å². The molecule has 1 heterocycles. The van der Waals surface area contributed by atoms with Crippen molar-refractivity contribution in [3.8, 4) is 11.1 Å². The summed E-state index contributed by atoms with van der Waals surface area (Å²) in [5.74, 6) is -1.59. The standard InChI is InChI=1S/C20H21ClN6O4/c1-2-31-20(30)17(28)12-27(24-19(29)18-22-25-26-23-18)11-13-6-8-14(9-7-13)15-4-3-5-16(21)10-15/h3-10,17,28H,2,11-12H2,1H3,(H,24,29)(H,22,23,25,26)/t17-/m1/s1. The maximum atomic E-state index is 12.3. The maximum absolute atomic E-state index is 12.3. The molecule has 0 saturated carbocycles. The topological polar surface area (TPSA) is 133 Å². The molecule has 0 aliphatic carbocycles. The van der Waals surface area contributed by atoms with Gasteiger partial charge in [-0.3, -0.25) is 10.2 Å². The molecule has 0 bridgehead atoms. The number of esters is 1. The number of hydrogen-bond acceptors (Lipinski definition) is 8. The van der Waals surface area contributed by atoms with Gasteiger partial charge in [-0.05, 0) is 41.0 Å². The third-order valence-electron chi connectivity index (χ3n) is 4.25. The summed E-state index contributed by atoms with van der Waals surface area (Å²) in [4.78, 5) is 24.1. The zero-order valence-electron chi connectivity index (χ0n) is 16.7. The van der Waals surface area contributed by atoms with E-state index in [0.29, 0.717) is 5.02 Å². The summed E-state index contributed by atoms with van der Waals surface area (Å²) in [6, 6.07) is 15.1. The van der Waals surface area contributed by atoms with E-state index in [4.69, 9.17) is 16.3 Å². The van der Waals surface area contributed by atoms with Crippen molar-refractivity contribution in [2.75, 3.05) is 13.2 Å². The molecule has 10 nitrogen and oxygen atoms in total. The summed E-state index contributed by atoms with van der Waals surface area (Å²) >= 11 is 6.06. The quantitative estimate of drug-likeness (QED) is 0.334. The third-order valence-corrected chi connectivity index (χ3v) is 4.48. The minimum Gasteiger partial charge on any atom is -0.464 e. The first-order valence-electron chi connectivity index (χ1n) is 9.45. The van der Waals surface area contributed by atoms with Gasteiger partial charge in [0.15, 0.2) is 6.10 Å². The van der Waals surface area contributed by atoms with Crippen LogP contribution in [0.25, 0.3) is 11.1 Å². The highest BCUT2D eigenvalue weighted by atomic mass is 35.5. The monoisotopic (exact) mass is 444 g/mol. The second-order valence-electron chi connectivity index (χ2n) is 6.53. The summed E-state index contributed by atoms with van der Waals surface area (Å²) in [6.45, 7) is 1.78. The Bertz CT molecular complexity index is 1010. The number of ether oxygens (including phenoxy) is 1. The summed E-state index contributed by atoms with van der Waals surface area (Å²) in [5.41, 5.74) is 5.35. The average molecular weight is 445 g/mol. The van der Waals surface area contributed by atoms with Crippen molar-refractivity contribution in [3.05, 3.63) is 64.9 Å². The molecule has 2 aromatic carbocycles. The number of nitrogens with one attached hydrogen (secondary N) is 2. The Labute approximate surface area is 183 Å². The number of nitrogens with zero attached hydrogens (tertiary/aromatic N) is 4. The van der Waals surface area contributed by atoms with Crippen LogP contribution in [0.3, 0.4) is 0 Å². The first-order valence-corrected chi connectivity index (χ1v) is 9.83. The second-order valence-corrected chi connectivity index (χ2v) is 6.97. The molecule has 3 rings (SSSR count). The van der Waals surface area contributed by atoms with Crippen molar-refractivity contribution in [1.29, 1.82) is 0 Å². The predicted molar refractivity (Wildman–Crippen MR) is 112 cm³/mol. The summed E-state index contributed by atoms with van der Waals surface area (Å²) in [5, 5.41) is 24.9. The van der Waals surface area contributed by atoms with Crippen LogP contribution in [0.4, 0.5) is 0 Å². The summed E-state index contributed by atoms with van der Waals surface area (Å²) in [6.07, 6.45) is -1.45. The van der Waals surface area contributed by atoms with Crippen LogP contribution >= 0.6 is 11.6 Å². The third kappa shape index (κ3) is 6.32. The number of H-pyrrole nitrogens is 1. The van der Waals surface area contributed by atoms with E-state index in [1.54, 1.807) is 13.0 Å². The number of halogens is 1. The normalized spacial score (nSPS) is 11.9. The van der Waals surface area contributed by atoms with Crippen LogP contribution in [0.1, 0.15) is 23.1 Å². The number of tetrazole rings is 1. The van der Waals surface area contributed by atoms with Crippen LogP contribution in [0.5, 0.6) is 0 Å². The Hall–Kier alpha value is -3.34. The van der Waals surface area contributed by atoms with Crippen molar-refractivity contribution < 1.29 is 19.4 Å². The zero-order chi connectivity index (χ0) is 22.2. The number of benzene rings is 2. The molecule has 162 valence electrons. The van der Waals surface area contributed by atoms with Crippen LogP contribution in [-0.4, -0.2) is 61.9 Å². The molecule has 0 aliphatic heterocycles. The Morgan fingerprint density at radius 3 is 2.65 bits per heavy atom. The number of hydrogen-bond donors (Lipinski definition) is 3. The molecule has 11 heteroatoms. The van der Waals surface area contributed by atoms with Crippen LogP contribution in [0.2, 0.25) is 5.02 Å². The Morgan fingerprint density at radius 2 is 2.00 bits per heavy atom. The van der Waals surface area contributed by atoms with E-state index >= 15 is 0 Å². The van der Waals surface area contributed by atoms with E-state index < -0.39 is 18.0 Å². The van der Waals surface area contributed by atoms with Crippen LogP contribution < -0.4 is 5.43 Å². The average Bonchev–Trinajstić information content (AvgIpc) is 3.29. The van der Waals surface area contributed by atoms with Gasteiger partial charge in [0, 0.05) is 11.6 Å². The lowest BCUT2D eigenvalue weighted by atomic mass is 10.0. The molecule has 0 radical (unpaired) electrons. The Kier molecular flexibility index (Phi) is 7.65. The van der Waals surface area contributed by atoms with Gasteiger partial charge in [-0.25, -0.2) is 9.80 Å². The van der Waals surface area contributed by atoms with Gasteiger partial charge in [-0.2, -0.15) is 5.21 Å². The number of aromatic nitrogens is 4. The van der Waals surface area contributed by atoms with Crippen LogP contribution in [0, 0.1) is 0 Å². The van der Waals surface area contributed by atoms with Gasteiger partial charge in [-0.15, -0.1) is 10.2 Å². The molecule has 0 fully saturated rings. The number of rotatable bonds is 9. The van der Waals surface area contributed by atoms with E-state index in [9.17, 15) is 14.7 Å². The number of aliphatic hydroxyl groups is 1. The van der Waals surface area contributed by atoms with E-state index in [0.717, 1.165) is 16.7 Å². The summed E-state index contributed by atoms with van der Waals surface area (Å²) < 4.78 is 4.83. The van der Waals surface area contributed by atoms with E-state index in [-0.39, 0.29) is 25.5 Å². The fourth-order valence-corrected chi connectivity index (χ4v) is 3.00. The van der Waals surface area contributed by atoms with Crippen molar-refractivity contribution in [2.24, 2.45) is 0 Å². The zero-order valence-corrected chi connectivity index (χ0v) is 17.4. The molecular weight excluding hydrogens is 424 g/mol. The largest absolute Gasteiger partial charge is 0.464 e. The highest BCUT2D eigenvalue weighted by Crippen LogP contribution is 2.23. The van der Waals surface area contributed by atoms with Gasteiger partial charge in [0.1, 0.15) is 0 Å². The fraction of sp³-hybridized carbons (Fsp3) is 0.250. The first-order chi connectivity index (χ1) is 15.0. The molecule has 0 unspecified atom stereocenters. The number of carbonyl (C=O) groups excluding carboxylic acids is 2.